The van der Waals surface area contributed by atoms with E-state index in [0.717, 1.165) is 22.3 Å². The fourth-order valence-electron chi connectivity index (χ4n) is 8.54. The number of amides is 4. The van der Waals surface area contributed by atoms with Gasteiger partial charge in [0.1, 0.15) is 22.8 Å². The van der Waals surface area contributed by atoms with Gasteiger partial charge < -0.3 is 19.6 Å². The normalized spacial score (nSPS) is 14.7. The summed E-state index contributed by atoms with van der Waals surface area (Å²) in [7, 11) is 0. The van der Waals surface area contributed by atoms with Crippen LogP contribution in [0, 0.1) is 0 Å². The Balaban J connectivity index is 0.971. The summed E-state index contributed by atoms with van der Waals surface area (Å²) >= 11 is 0. The molecule has 0 N–H and O–H groups in total. The monoisotopic (exact) mass is 968 g/mol. The van der Waals surface area contributed by atoms with Gasteiger partial charge in [-0.1, -0.05) is 142 Å². The molecule has 0 radical (unpaired) electrons. The van der Waals surface area contributed by atoms with E-state index < -0.39 is 0 Å². The lowest BCUT2D eigenvalue weighted by Gasteiger charge is -2.29. The Kier molecular flexibility index (Phi) is 16.0. The minimum Gasteiger partial charge on any atom is -0.336 e. The van der Waals surface area contributed by atoms with Crippen molar-refractivity contribution in [3.63, 3.8) is 0 Å². The first kappa shape index (κ1) is 48.3. The summed E-state index contributed by atoms with van der Waals surface area (Å²) in [6.07, 6.45) is 6.94. The molecule has 4 amide bonds. The van der Waals surface area contributed by atoms with Crippen LogP contribution < -0.4 is 0 Å². The predicted octanol–water partition coefficient (Wildman–Crippen LogP) is 4.23. The average Bonchev–Trinajstić information content (AvgIpc) is 4.24. The van der Waals surface area contributed by atoms with Gasteiger partial charge in [-0.15, -0.1) is 20.4 Å². The number of rotatable bonds is 16. The molecule has 1 aliphatic heterocycles. The summed E-state index contributed by atoms with van der Waals surface area (Å²) in [5.41, 5.74) is 6.34. The Hall–Kier alpha value is -8.68. The van der Waals surface area contributed by atoms with E-state index in [4.69, 9.17) is 0 Å². The number of aromatic nitrogens is 12. The highest BCUT2D eigenvalue weighted by atomic mass is 16.2. The van der Waals surface area contributed by atoms with E-state index >= 15 is 0 Å². The predicted molar refractivity (Wildman–Crippen MR) is 262 cm³/mol. The van der Waals surface area contributed by atoms with Crippen LogP contribution in [0.3, 0.4) is 0 Å². The van der Waals surface area contributed by atoms with Crippen molar-refractivity contribution in [2.24, 2.45) is 0 Å². The van der Waals surface area contributed by atoms with Crippen LogP contribution in [0.4, 0.5) is 0 Å². The summed E-state index contributed by atoms with van der Waals surface area (Å²) < 4.78 is 6.84. The van der Waals surface area contributed by atoms with Crippen molar-refractivity contribution in [3.05, 3.63) is 191 Å². The van der Waals surface area contributed by atoms with Gasteiger partial charge in [0, 0.05) is 51.9 Å². The Bertz CT molecular complexity index is 2600. The maximum Gasteiger partial charge on any atom is 0.224 e. The fourth-order valence-corrected chi connectivity index (χ4v) is 8.54. The van der Waals surface area contributed by atoms with E-state index in [1.807, 2.05) is 121 Å². The second kappa shape index (κ2) is 23.8. The highest BCUT2D eigenvalue weighted by molar-refractivity contribution is 5.82. The molecule has 20 heteroatoms. The number of hydrogen-bond donors (Lipinski definition) is 0. The van der Waals surface area contributed by atoms with Crippen LogP contribution >= 0.6 is 0 Å². The zero-order valence-corrected chi connectivity index (χ0v) is 40.0. The second-order valence-electron chi connectivity index (χ2n) is 17.8. The molecule has 0 saturated carbocycles. The first-order chi connectivity index (χ1) is 35.2. The number of carbonyl (C=O) groups is 4. The van der Waals surface area contributed by atoms with E-state index in [1.54, 1.807) is 63.1 Å². The maximum atomic E-state index is 14.5. The van der Waals surface area contributed by atoms with Crippen LogP contribution in [-0.2, 0) is 71.5 Å². The molecular weight excluding hydrogens is 913 g/mol. The lowest BCUT2D eigenvalue weighted by Crippen LogP contribution is -2.42. The molecule has 0 unspecified atom stereocenters. The van der Waals surface area contributed by atoms with Gasteiger partial charge in [-0.25, -0.2) is 18.7 Å². The summed E-state index contributed by atoms with van der Waals surface area (Å²) in [5.74, 6) is -1.10. The van der Waals surface area contributed by atoms with Gasteiger partial charge in [-0.05, 0) is 22.3 Å². The molecule has 4 aromatic heterocycles. The summed E-state index contributed by atoms with van der Waals surface area (Å²) in [5, 5.41) is 34.9. The SMILES string of the molecule is O=C1CCN(Cc2cn(Cc3ccccc3)nn2)C(=O)CCN(Cc2cn(Cc3ccccc3)nn2)C(=O)CCN(Cc2cn(Cc3ccccc3)nn2)C(=O)CCN1Cc1cn(Cc2ccccc2)nn1. The van der Waals surface area contributed by atoms with Crippen LogP contribution in [0.2, 0.25) is 0 Å². The molecule has 4 aromatic carbocycles. The van der Waals surface area contributed by atoms with E-state index in [9.17, 15) is 19.2 Å². The molecule has 72 heavy (non-hydrogen) atoms. The molecule has 1 aliphatic rings. The molecule has 9 rings (SSSR count). The first-order valence-corrected chi connectivity index (χ1v) is 24.1. The summed E-state index contributed by atoms with van der Waals surface area (Å²) in [6.45, 7) is 2.46. The van der Waals surface area contributed by atoms with Crippen molar-refractivity contribution < 1.29 is 19.2 Å². The van der Waals surface area contributed by atoms with E-state index in [2.05, 4.69) is 41.2 Å². The third-order valence-electron chi connectivity index (χ3n) is 12.3. The van der Waals surface area contributed by atoms with Gasteiger partial charge in [-0.2, -0.15) is 0 Å². The minimum atomic E-state index is -0.274. The molecule has 0 spiro atoms. The topological polar surface area (TPSA) is 204 Å². The average molecular weight is 969 g/mol. The van der Waals surface area contributed by atoms with Crippen LogP contribution in [0.5, 0.6) is 0 Å². The van der Waals surface area contributed by atoms with Crippen LogP contribution in [0.25, 0.3) is 0 Å². The maximum absolute atomic E-state index is 14.5. The van der Waals surface area contributed by atoms with Crippen molar-refractivity contribution in [1.29, 1.82) is 0 Å². The second-order valence-corrected chi connectivity index (χ2v) is 17.8. The van der Waals surface area contributed by atoms with Crippen LogP contribution in [0.1, 0.15) is 70.7 Å². The molecule has 0 aliphatic carbocycles. The molecule has 5 heterocycles. The van der Waals surface area contributed by atoms with Gasteiger partial charge in [0.25, 0.3) is 0 Å². The first-order valence-electron chi connectivity index (χ1n) is 24.1. The molecule has 0 atom stereocenters. The number of hydrogen-bond acceptors (Lipinski definition) is 12. The van der Waals surface area contributed by atoms with E-state index in [1.165, 1.54) is 0 Å². The van der Waals surface area contributed by atoms with Gasteiger partial charge in [-0.3, -0.25) is 19.2 Å². The third kappa shape index (κ3) is 13.8. The number of nitrogens with zero attached hydrogens (tertiary/aromatic N) is 16. The highest BCUT2D eigenvalue weighted by Crippen LogP contribution is 2.16. The Morgan fingerprint density at radius 1 is 0.292 bits per heavy atom. The summed E-state index contributed by atoms with van der Waals surface area (Å²) in [6, 6.07) is 39.4. The van der Waals surface area contributed by atoms with Gasteiger partial charge in [0.05, 0.1) is 77.1 Å². The number of carbonyl (C=O) groups excluding carboxylic acids is 4. The molecule has 8 aromatic rings. The van der Waals surface area contributed by atoms with Crippen LogP contribution in [0.15, 0.2) is 146 Å². The Morgan fingerprint density at radius 3 is 0.708 bits per heavy atom. The van der Waals surface area contributed by atoms with Gasteiger partial charge >= 0.3 is 0 Å². The lowest BCUT2D eigenvalue weighted by molar-refractivity contribution is -0.138. The largest absolute Gasteiger partial charge is 0.336 e. The van der Waals surface area contributed by atoms with Crippen molar-refractivity contribution >= 4 is 23.6 Å². The fraction of sp³-hybridized carbons (Fsp3) is 0.308. The third-order valence-corrected chi connectivity index (χ3v) is 12.3. The van der Waals surface area contributed by atoms with Gasteiger partial charge in [0.15, 0.2) is 0 Å². The zero-order valence-electron chi connectivity index (χ0n) is 40.0. The zero-order chi connectivity index (χ0) is 49.5. The van der Waals surface area contributed by atoms with Crippen LogP contribution in [-0.4, -0.2) is 129 Å². The Labute approximate surface area is 416 Å². The molecule has 1 fully saturated rings. The van der Waals surface area contributed by atoms with Crippen molar-refractivity contribution in [2.45, 2.75) is 78.0 Å². The number of benzene rings is 4. The standard InChI is InChI=1S/C52H56N16O4/c69-49-22-26-62(34-46-38-66(58-54-46)30-42-15-7-2-8-16-42)51(71)24-28-64(36-48-40-68(60-56-48)32-44-19-11-4-12-20-44)52(72)23-27-63(35-47-39-67(59-55-47)31-43-17-9-3-10-18-43)50(70)21-25-61(49)33-45-37-65(57-53-45)29-41-13-5-1-6-14-41/h1-20,37-40H,21-36H2. The van der Waals surface area contributed by atoms with Gasteiger partial charge in [0.2, 0.25) is 23.6 Å². The molecular formula is C52H56N16O4. The van der Waals surface area contributed by atoms with Crippen molar-refractivity contribution in [3.8, 4) is 0 Å². The minimum absolute atomic E-state index is 0.0425. The highest BCUT2D eigenvalue weighted by Gasteiger charge is 2.27. The van der Waals surface area contributed by atoms with E-state index in [-0.39, 0.29) is 102 Å². The quantitative estimate of drug-likeness (QED) is 0.134. The van der Waals surface area contributed by atoms with Crippen molar-refractivity contribution in [2.75, 3.05) is 26.2 Å². The smallest absolute Gasteiger partial charge is 0.224 e. The molecule has 368 valence electrons. The lowest BCUT2D eigenvalue weighted by atomic mass is 10.2. The van der Waals surface area contributed by atoms with E-state index in [0.29, 0.717) is 49.0 Å². The molecule has 20 nitrogen and oxygen atoms in total. The molecule has 1 saturated heterocycles. The molecule has 0 bridgehead atoms. The Morgan fingerprint density at radius 2 is 0.500 bits per heavy atom. The summed E-state index contributed by atoms with van der Waals surface area (Å²) in [4.78, 5) is 64.2. The van der Waals surface area contributed by atoms with Crippen molar-refractivity contribution in [1.82, 2.24) is 79.6 Å².